The minimum atomic E-state index is -3.68. The van der Waals surface area contributed by atoms with Crippen molar-refractivity contribution in [1.82, 2.24) is 10.0 Å². The maximum atomic E-state index is 12.1. The highest BCUT2D eigenvalue weighted by Crippen LogP contribution is 2.19. The van der Waals surface area contributed by atoms with Crippen molar-refractivity contribution in [2.24, 2.45) is 0 Å². The highest BCUT2D eigenvalue weighted by Gasteiger charge is 2.18. The van der Waals surface area contributed by atoms with Crippen LogP contribution in [0.5, 0.6) is 0 Å². The Balaban J connectivity index is 2.76. The number of sulfonamides is 1. The number of carbonyl (C=O) groups is 1. The molecule has 0 aliphatic rings. The number of amides is 1. The third-order valence-electron chi connectivity index (χ3n) is 2.38. The highest BCUT2D eigenvalue weighted by atomic mass is 79.9. The predicted octanol–water partition coefficient (Wildman–Crippen LogP) is 1.95. The average Bonchev–Trinajstić information content (AvgIpc) is 2.28. The lowest BCUT2D eigenvalue weighted by atomic mass is 10.1. The van der Waals surface area contributed by atoms with E-state index >= 15 is 0 Å². The first kappa shape index (κ1) is 17.1. The third kappa shape index (κ3) is 5.22. The molecule has 0 aliphatic carbocycles. The maximum Gasteiger partial charge on any atom is 0.241 e. The monoisotopic (exact) mass is 362 g/mol. The van der Waals surface area contributed by atoms with Crippen LogP contribution in [0.15, 0.2) is 27.6 Å². The molecule has 0 saturated heterocycles. The van der Waals surface area contributed by atoms with E-state index in [1.54, 1.807) is 19.1 Å². The van der Waals surface area contributed by atoms with E-state index in [9.17, 15) is 13.2 Å². The summed E-state index contributed by atoms with van der Waals surface area (Å²) in [5.74, 6) is -0.366. The fraction of sp³-hybridized carbons (Fsp3) is 0.462. The normalized spacial score (nSPS) is 12.2. The summed E-state index contributed by atoms with van der Waals surface area (Å²) in [5.41, 5.74) is 0.420. The Morgan fingerprint density at radius 1 is 1.30 bits per heavy atom. The van der Waals surface area contributed by atoms with Gasteiger partial charge in [0.05, 0.1) is 11.4 Å². The van der Waals surface area contributed by atoms with Crippen LogP contribution in [-0.4, -0.2) is 26.4 Å². The second kappa shape index (κ2) is 6.24. The molecule has 1 aromatic rings. The number of carbonyl (C=O) groups excluding carboxylic acids is 1. The van der Waals surface area contributed by atoms with E-state index in [1.165, 1.54) is 6.07 Å². The van der Waals surface area contributed by atoms with Crippen molar-refractivity contribution >= 4 is 31.9 Å². The number of aryl methyl sites for hydroxylation is 1. The first-order valence-corrected chi connectivity index (χ1v) is 8.36. The zero-order chi connectivity index (χ0) is 15.6. The van der Waals surface area contributed by atoms with Gasteiger partial charge in [0.25, 0.3) is 0 Å². The quantitative estimate of drug-likeness (QED) is 0.859. The fourth-order valence-corrected chi connectivity index (χ4v) is 2.80. The molecule has 0 radical (unpaired) electrons. The standard InChI is InChI=1S/C13H19BrN2O3S/c1-9-7-10(5-6-11(9)14)20(18,19)15-8-12(17)16-13(2,3)4/h5-7,15H,8H2,1-4H3,(H,16,17). The molecule has 0 aromatic heterocycles. The number of benzene rings is 1. The molecular weight excluding hydrogens is 344 g/mol. The van der Waals surface area contributed by atoms with Gasteiger partial charge < -0.3 is 5.32 Å². The van der Waals surface area contributed by atoms with Gasteiger partial charge >= 0.3 is 0 Å². The first-order valence-electron chi connectivity index (χ1n) is 6.08. The van der Waals surface area contributed by atoms with E-state index in [0.29, 0.717) is 0 Å². The lowest BCUT2D eigenvalue weighted by molar-refractivity contribution is -0.121. The van der Waals surface area contributed by atoms with Crippen LogP contribution >= 0.6 is 15.9 Å². The van der Waals surface area contributed by atoms with Crippen LogP contribution in [0.3, 0.4) is 0 Å². The van der Waals surface area contributed by atoms with Gasteiger partial charge in [-0.3, -0.25) is 4.79 Å². The molecule has 0 unspecified atom stereocenters. The molecule has 0 bridgehead atoms. The van der Waals surface area contributed by atoms with Gasteiger partial charge in [0.1, 0.15) is 0 Å². The van der Waals surface area contributed by atoms with Gasteiger partial charge in [0.2, 0.25) is 15.9 Å². The Morgan fingerprint density at radius 3 is 2.40 bits per heavy atom. The number of rotatable bonds is 4. The van der Waals surface area contributed by atoms with Gasteiger partial charge in [-0.15, -0.1) is 0 Å². The molecule has 0 aliphatic heterocycles. The Kier molecular flexibility index (Phi) is 5.34. The van der Waals surface area contributed by atoms with Crippen molar-refractivity contribution in [3.05, 3.63) is 28.2 Å². The van der Waals surface area contributed by atoms with E-state index in [1.807, 2.05) is 20.8 Å². The smallest absolute Gasteiger partial charge is 0.241 e. The minimum Gasteiger partial charge on any atom is -0.350 e. The van der Waals surface area contributed by atoms with E-state index in [2.05, 4.69) is 26.0 Å². The molecule has 20 heavy (non-hydrogen) atoms. The van der Waals surface area contributed by atoms with Gasteiger partial charge in [-0.05, 0) is 51.5 Å². The Bertz CT molecular complexity index is 607. The molecule has 0 heterocycles. The van der Waals surface area contributed by atoms with E-state index in [-0.39, 0.29) is 17.3 Å². The highest BCUT2D eigenvalue weighted by molar-refractivity contribution is 9.10. The molecule has 1 aromatic carbocycles. The summed E-state index contributed by atoms with van der Waals surface area (Å²) in [6.07, 6.45) is 0. The second-order valence-electron chi connectivity index (χ2n) is 5.53. The summed E-state index contributed by atoms with van der Waals surface area (Å²) < 4.78 is 27.2. The second-order valence-corrected chi connectivity index (χ2v) is 8.16. The molecular formula is C13H19BrN2O3S. The maximum absolute atomic E-state index is 12.1. The van der Waals surface area contributed by atoms with Crippen LogP contribution < -0.4 is 10.0 Å². The molecule has 7 heteroatoms. The molecule has 0 fully saturated rings. The summed E-state index contributed by atoms with van der Waals surface area (Å²) in [6, 6.07) is 4.70. The van der Waals surface area contributed by atoms with Gasteiger partial charge in [0, 0.05) is 10.0 Å². The number of hydrogen-bond donors (Lipinski definition) is 2. The average molecular weight is 363 g/mol. The topological polar surface area (TPSA) is 75.3 Å². The van der Waals surface area contributed by atoms with Crippen LogP contribution in [0.2, 0.25) is 0 Å². The Hall–Kier alpha value is -0.920. The molecule has 2 N–H and O–H groups in total. The van der Waals surface area contributed by atoms with Gasteiger partial charge in [0.15, 0.2) is 0 Å². The van der Waals surface area contributed by atoms with Gasteiger partial charge in [-0.2, -0.15) is 0 Å². The van der Waals surface area contributed by atoms with Crippen molar-refractivity contribution in [3.8, 4) is 0 Å². The van der Waals surface area contributed by atoms with Crippen molar-refractivity contribution in [3.63, 3.8) is 0 Å². The van der Waals surface area contributed by atoms with E-state index in [0.717, 1.165) is 10.0 Å². The summed E-state index contributed by atoms with van der Waals surface area (Å²) >= 11 is 3.31. The van der Waals surface area contributed by atoms with Crippen LogP contribution in [0.1, 0.15) is 26.3 Å². The lowest BCUT2D eigenvalue weighted by Crippen LogP contribution is -2.45. The summed E-state index contributed by atoms with van der Waals surface area (Å²) in [6.45, 7) is 7.01. The number of hydrogen-bond acceptors (Lipinski definition) is 3. The Morgan fingerprint density at radius 2 is 1.90 bits per heavy atom. The molecule has 112 valence electrons. The Labute approximate surface area is 128 Å². The zero-order valence-electron chi connectivity index (χ0n) is 12.0. The summed E-state index contributed by atoms with van der Waals surface area (Å²) in [4.78, 5) is 11.8. The number of halogens is 1. The van der Waals surface area contributed by atoms with Crippen molar-refractivity contribution in [1.29, 1.82) is 0 Å². The van der Waals surface area contributed by atoms with E-state index in [4.69, 9.17) is 0 Å². The molecule has 1 rings (SSSR count). The summed E-state index contributed by atoms with van der Waals surface area (Å²) in [5, 5.41) is 2.69. The van der Waals surface area contributed by atoms with Crippen molar-refractivity contribution < 1.29 is 13.2 Å². The molecule has 0 spiro atoms. The van der Waals surface area contributed by atoms with Crippen LogP contribution in [0, 0.1) is 6.92 Å². The van der Waals surface area contributed by atoms with Gasteiger partial charge in [-0.1, -0.05) is 15.9 Å². The van der Waals surface area contributed by atoms with E-state index < -0.39 is 15.6 Å². The van der Waals surface area contributed by atoms with Crippen LogP contribution in [0.4, 0.5) is 0 Å². The van der Waals surface area contributed by atoms with Crippen LogP contribution in [0.25, 0.3) is 0 Å². The predicted molar refractivity (Wildman–Crippen MR) is 82.0 cm³/mol. The number of nitrogens with one attached hydrogen (secondary N) is 2. The van der Waals surface area contributed by atoms with Gasteiger partial charge in [-0.25, -0.2) is 13.1 Å². The largest absolute Gasteiger partial charge is 0.350 e. The first-order chi connectivity index (χ1) is 9.01. The minimum absolute atomic E-state index is 0.141. The molecule has 0 atom stereocenters. The lowest BCUT2D eigenvalue weighted by Gasteiger charge is -2.20. The zero-order valence-corrected chi connectivity index (χ0v) is 14.4. The fourth-order valence-electron chi connectivity index (χ4n) is 1.49. The third-order valence-corrected chi connectivity index (χ3v) is 4.67. The molecule has 1 amide bonds. The van der Waals surface area contributed by atoms with Crippen LogP contribution in [-0.2, 0) is 14.8 Å². The van der Waals surface area contributed by atoms with Crippen molar-refractivity contribution in [2.75, 3.05) is 6.54 Å². The molecule has 0 saturated carbocycles. The van der Waals surface area contributed by atoms with Crippen molar-refractivity contribution in [2.45, 2.75) is 38.1 Å². The molecule has 5 nitrogen and oxygen atoms in total. The summed E-state index contributed by atoms with van der Waals surface area (Å²) in [7, 11) is -3.68. The SMILES string of the molecule is Cc1cc(S(=O)(=O)NCC(=O)NC(C)(C)C)ccc1Br.